The Morgan fingerprint density at radius 2 is 1.57 bits per heavy atom. The van der Waals surface area contributed by atoms with Crippen molar-refractivity contribution in [3.05, 3.63) is 0 Å². The van der Waals surface area contributed by atoms with Gasteiger partial charge in [0.2, 0.25) is 0 Å². The predicted octanol–water partition coefficient (Wildman–Crippen LogP) is 3.52. The van der Waals surface area contributed by atoms with Crippen LogP contribution in [-0.2, 0) is 19.1 Å². The Kier molecular flexibility index (Phi) is 7.36. The SMILES string of the molecule is CCOC(=O)C(C(=O)C1(OCC)CCCCCC1)C(C)C. The maximum Gasteiger partial charge on any atom is 0.316 e. The van der Waals surface area contributed by atoms with E-state index < -0.39 is 17.5 Å². The zero-order valence-corrected chi connectivity index (χ0v) is 13.9. The summed E-state index contributed by atoms with van der Waals surface area (Å²) in [5.74, 6) is -1.26. The third-order valence-electron chi connectivity index (χ3n) is 4.27. The molecule has 1 aliphatic rings. The fraction of sp³-hybridized carbons (Fsp3) is 0.882. The Labute approximate surface area is 128 Å². The molecule has 0 aromatic heterocycles. The van der Waals surface area contributed by atoms with Gasteiger partial charge in [-0.2, -0.15) is 0 Å². The summed E-state index contributed by atoms with van der Waals surface area (Å²) in [6, 6.07) is 0. The molecule has 4 heteroatoms. The van der Waals surface area contributed by atoms with Crippen LogP contribution in [0.4, 0.5) is 0 Å². The average Bonchev–Trinajstić information content (AvgIpc) is 2.65. The maximum absolute atomic E-state index is 13.1. The molecule has 0 aromatic carbocycles. The lowest BCUT2D eigenvalue weighted by Crippen LogP contribution is -2.49. The second kappa shape index (κ2) is 8.52. The van der Waals surface area contributed by atoms with E-state index in [0.717, 1.165) is 38.5 Å². The second-order valence-electron chi connectivity index (χ2n) is 6.18. The number of esters is 1. The van der Waals surface area contributed by atoms with E-state index in [0.29, 0.717) is 13.2 Å². The molecule has 1 fully saturated rings. The van der Waals surface area contributed by atoms with Crippen molar-refractivity contribution in [2.75, 3.05) is 13.2 Å². The van der Waals surface area contributed by atoms with Gasteiger partial charge in [0.05, 0.1) is 6.61 Å². The molecular formula is C17H30O4. The molecule has 1 unspecified atom stereocenters. The van der Waals surface area contributed by atoms with E-state index >= 15 is 0 Å². The molecule has 21 heavy (non-hydrogen) atoms. The highest BCUT2D eigenvalue weighted by Gasteiger charge is 2.46. The van der Waals surface area contributed by atoms with Crippen LogP contribution in [0.3, 0.4) is 0 Å². The van der Waals surface area contributed by atoms with Crippen molar-refractivity contribution in [2.24, 2.45) is 11.8 Å². The summed E-state index contributed by atoms with van der Waals surface area (Å²) in [5, 5.41) is 0. The maximum atomic E-state index is 13.1. The van der Waals surface area contributed by atoms with Gasteiger partial charge in [0, 0.05) is 6.61 Å². The summed E-state index contributed by atoms with van der Waals surface area (Å²) >= 11 is 0. The first-order chi connectivity index (χ1) is 9.98. The van der Waals surface area contributed by atoms with Crippen LogP contribution in [0.15, 0.2) is 0 Å². The molecule has 1 rings (SSSR count). The third kappa shape index (κ3) is 4.53. The van der Waals surface area contributed by atoms with Gasteiger partial charge in [0.1, 0.15) is 11.5 Å². The van der Waals surface area contributed by atoms with Crippen LogP contribution in [0.2, 0.25) is 0 Å². The van der Waals surface area contributed by atoms with Crippen LogP contribution >= 0.6 is 0 Å². The van der Waals surface area contributed by atoms with Crippen molar-refractivity contribution in [3.8, 4) is 0 Å². The van der Waals surface area contributed by atoms with Crippen molar-refractivity contribution >= 4 is 11.8 Å². The van der Waals surface area contributed by atoms with E-state index in [-0.39, 0.29) is 11.7 Å². The van der Waals surface area contributed by atoms with Gasteiger partial charge in [-0.3, -0.25) is 9.59 Å². The van der Waals surface area contributed by atoms with E-state index in [9.17, 15) is 9.59 Å². The van der Waals surface area contributed by atoms with Crippen molar-refractivity contribution in [3.63, 3.8) is 0 Å². The monoisotopic (exact) mass is 298 g/mol. The first-order valence-corrected chi connectivity index (χ1v) is 8.33. The van der Waals surface area contributed by atoms with Crippen LogP contribution in [0.25, 0.3) is 0 Å². The van der Waals surface area contributed by atoms with Gasteiger partial charge in [-0.15, -0.1) is 0 Å². The number of carbonyl (C=O) groups excluding carboxylic acids is 2. The van der Waals surface area contributed by atoms with E-state index in [1.54, 1.807) is 6.92 Å². The number of rotatable bonds is 7. The van der Waals surface area contributed by atoms with Crippen LogP contribution in [-0.4, -0.2) is 30.6 Å². The van der Waals surface area contributed by atoms with Crippen molar-refractivity contribution < 1.29 is 19.1 Å². The van der Waals surface area contributed by atoms with Gasteiger partial charge in [-0.1, -0.05) is 39.5 Å². The molecule has 1 saturated carbocycles. The standard InChI is InChI=1S/C17H30O4/c1-5-20-16(19)14(13(3)4)15(18)17(21-6-2)11-9-7-8-10-12-17/h13-14H,5-12H2,1-4H3. The van der Waals surface area contributed by atoms with Crippen LogP contribution < -0.4 is 0 Å². The molecule has 0 bridgehead atoms. The van der Waals surface area contributed by atoms with Crippen molar-refractivity contribution in [2.45, 2.75) is 71.8 Å². The molecule has 4 nitrogen and oxygen atoms in total. The average molecular weight is 298 g/mol. The lowest BCUT2D eigenvalue weighted by molar-refractivity contribution is -0.164. The molecule has 0 aromatic rings. The van der Waals surface area contributed by atoms with Crippen LogP contribution in [0.1, 0.15) is 66.2 Å². The van der Waals surface area contributed by atoms with Crippen LogP contribution in [0.5, 0.6) is 0 Å². The highest BCUT2D eigenvalue weighted by atomic mass is 16.5. The summed E-state index contributed by atoms with van der Waals surface area (Å²) in [4.78, 5) is 25.3. The first-order valence-electron chi connectivity index (χ1n) is 8.33. The fourth-order valence-corrected chi connectivity index (χ4v) is 3.24. The summed E-state index contributed by atoms with van der Waals surface area (Å²) in [6.45, 7) is 8.28. The Balaban J connectivity index is 3.02. The van der Waals surface area contributed by atoms with Crippen LogP contribution in [0, 0.1) is 11.8 Å². The van der Waals surface area contributed by atoms with Gasteiger partial charge >= 0.3 is 5.97 Å². The smallest absolute Gasteiger partial charge is 0.316 e. The van der Waals surface area contributed by atoms with Crippen molar-refractivity contribution in [1.82, 2.24) is 0 Å². The zero-order chi connectivity index (χ0) is 15.9. The molecular weight excluding hydrogens is 268 g/mol. The molecule has 1 atom stereocenters. The second-order valence-corrected chi connectivity index (χ2v) is 6.18. The summed E-state index contributed by atoms with van der Waals surface area (Å²) in [5.41, 5.74) is -0.785. The normalized spacial score (nSPS) is 19.9. The molecule has 0 saturated heterocycles. The summed E-state index contributed by atoms with van der Waals surface area (Å²) < 4.78 is 11.0. The quantitative estimate of drug-likeness (QED) is 0.410. The lowest BCUT2D eigenvalue weighted by atomic mass is 9.78. The minimum Gasteiger partial charge on any atom is -0.465 e. The Morgan fingerprint density at radius 3 is 2.00 bits per heavy atom. The third-order valence-corrected chi connectivity index (χ3v) is 4.27. The first kappa shape index (κ1) is 18.1. The lowest BCUT2D eigenvalue weighted by Gasteiger charge is -2.34. The number of hydrogen-bond donors (Lipinski definition) is 0. The minimum absolute atomic E-state index is 0.0697. The topological polar surface area (TPSA) is 52.6 Å². The van der Waals surface area contributed by atoms with Gasteiger partial charge in [0.15, 0.2) is 5.78 Å². The fourth-order valence-electron chi connectivity index (χ4n) is 3.24. The Morgan fingerprint density at radius 1 is 1.00 bits per heavy atom. The Bertz CT molecular complexity index is 341. The summed E-state index contributed by atoms with van der Waals surface area (Å²) in [6.07, 6.45) is 5.69. The highest BCUT2D eigenvalue weighted by Crippen LogP contribution is 2.35. The molecule has 0 N–H and O–H groups in total. The summed E-state index contributed by atoms with van der Waals surface area (Å²) in [7, 11) is 0. The molecule has 0 heterocycles. The molecule has 0 radical (unpaired) electrons. The highest BCUT2D eigenvalue weighted by molar-refractivity contribution is 6.03. The minimum atomic E-state index is -0.785. The van der Waals surface area contributed by atoms with E-state index in [4.69, 9.17) is 9.47 Å². The Hall–Kier alpha value is -0.900. The van der Waals surface area contributed by atoms with E-state index in [2.05, 4.69) is 0 Å². The molecule has 0 amide bonds. The van der Waals surface area contributed by atoms with Crippen molar-refractivity contribution in [1.29, 1.82) is 0 Å². The number of hydrogen-bond acceptors (Lipinski definition) is 4. The molecule has 0 aliphatic heterocycles. The number of Topliss-reactive ketones (excluding diaryl/α,β-unsaturated/α-hetero) is 1. The largest absolute Gasteiger partial charge is 0.465 e. The predicted molar refractivity (Wildman–Crippen MR) is 82.0 cm³/mol. The van der Waals surface area contributed by atoms with E-state index in [1.807, 2.05) is 20.8 Å². The van der Waals surface area contributed by atoms with Gasteiger partial charge in [-0.05, 0) is 32.6 Å². The van der Waals surface area contributed by atoms with E-state index in [1.165, 1.54) is 0 Å². The number of ketones is 1. The molecule has 0 spiro atoms. The van der Waals surface area contributed by atoms with Gasteiger partial charge in [-0.25, -0.2) is 0 Å². The van der Waals surface area contributed by atoms with Gasteiger partial charge in [0.25, 0.3) is 0 Å². The molecule has 1 aliphatic carbocycles. The molecule has 122 valence electrons. The zero-order valence-electron chi connectivity index (χ0n) is 13.9. The van der Waals surface area contributed by atoms with Gasteiger partial charge < -0.3 is 9.47 Å². The number of carbonyl (C=O) groups is 2. The number of ether oxygens (including phenoxy) is 2.